The maximum Gasteiger partial charge on any atom is 0.328 e. The molecule has 1 aliphatic heterocycles. The summed E-state index contributed by atoms with van der Waals surface area (Å²) in [6, 6.07) is 6.62. The molecule has 1 aliphatic rings. The number of aliphatic carboxylic acids is 1. The van der Waals surface area contributed by atoms with Crippen LogP contribution in [0, 0.1) is 0 Å². The largest absolute Gasteiger partial charge is 0.478 e. The number of hydrogen-bond acceptors (Lipinski definition) is 2. The molecule has 1 aromatic rings. The normalized spacial score (nSPS) is 20.4. The van der Waals surface area contributed by atoms with E-state index >= 15 is 0 Å². The van der Waals surface area contributed by atoms with Crippen molar-refractivity contribution < 1.29 is 18.7 Å². The number of para-hydroxylation sites is 1. The van der Waals surface area contributed by atoms with E-state index in [4.69, 9.17) is 5.11 Å². The van der Waals surface area contributed by atoms with Crippen LogP contribution in [0.3, 0.4) is 0 Å². The van der Waals surface area contributed by atoms with Gasteiger partial charge in [-0.3, -0.25) is 0 Å². The number of alkyl halides is 2. The van der Waals surface area contributed by atoms with Gasteiger partial charge >= 0.3 is 5.97 Å². The average molecular weight is 253 g/mol. The molecule has 1 aromatic carbocycles. The molecule has 0 saturated heterocycles. The highest BCUT2D eigenvalue weighted by molar-refractivity contribution is 5.94. The van der Waals surface area contributed by atoms with Crippen molar-refractivity contribution in [1.29, 1.82) is 0 Å². The molecular formula is C13H13F2NO2. The van der Waals surface area contributed by atoms with Gasteiger partial charge in [0.2, 0.25) is 0 Å². The van der Waals surface area contributed by atoms with E-state index in [1.165, 1.54) is 6.07 Å². The number of carbonyl (C=O) groups is 1. The van der Waals surface area contributed by atoms with Gasteiger partial charge in [0.1, 0.15) is 0 Å². The number of anilines is 1. The first-order chi connectivity index (χ1) is 8.42. The summed E-state index contributed by atoms with van der Waals surface area (Å²) in [5.41, 5.74) is 0.488. The number of carboxylic acids is 1. The molecule has 1 N–H and O–H groups in total. The summed E-state index contributed by atoms with van der Waals surface area (Å²) in [6.07, 6.45) is 0.218. The fourth-order valence-electron chi connectivity index (χ4n) is 2.10. The molecule has 0 bridgehead atoms. The summed E-state index contributed by atoms with van der Waals surface area (Å²) >= 11 is 0. The number of hydrogen-bond donors (Lipinski definition) is 1. The molecule has 0 saturated carbocycles. The number of rotatable bonds is 1. The Kier molecular flexibility index (Phi) is 3.07. The zero-order valence-electron chi connectivity index (χ0n) is 9.86. The van der Waals surface area contributed by atoms with Gasteiger partial charge in [0.25, 0.3) is 5.92 Å². The monoisotopic (exact) mass is 253 g/mol. The van der Waals surface area contributed by atoms with Crippen LogP contribution in [0.25, 0.3) is 5.57 Å². The van der Waals surface area contributed by atoms with Crippen LogP contribution in [-0.2, 0) is 4.79 Å². The Morgan fingerprint density at radius 2 is 2.11 bits per heavy atom. The minimum atomic E-state index is -3.13. The summed E-state index contributed by atoms with van der Waals surface area (Å²) in [7, 11) is 1.72. The molecular weight excluding hydrogens is 240 g/mol. The molecule has 18 heavy (non-hydrogen) atoms. The second-order valence-electron chi connectivity index (χ2n) is 4.29. The minimum Gasteiger partial charge on any atom is -0.478 e. The first-order valence-electron chi connectivity index (χ1n) is 5.55. The van der Waals surface area contributed by atoms with E-state index in [0.717, 1.165) is 0 Å². The van der Waals surface area contributed by atoms with Crippen molar-refractivity contribution in [1.82, 2.24) is 0 Å². The minimum absolute atomic E-state index is 0.182. The first kappa shape index (κ1) is 12.5. The van der Waals surface area contributed by atoms with Crippen molar-refractivity contribution in [3.63, 3.8) is 0 Å². The fourth-order valence-corrected chi connectivity index (χ4v) is 2.10. The third-order valence-corrected chi connectivity index (χ3v) is 3.03. The lowest BCUT2D eigenvalue weighted by molar-refractivity contribution is -0.131. The lowest BCUT2D eigenvalue weighted by Crippen LogP contribution is -2.23. The molecule has 0 atom stereocenters. The van der Waals surface area contributed by atoms with Gasteiger partial charge in [0.05, 0.1) is 0 Å². The lowest BCUT2D eigenvalue weighted by atomic mass is 9.97. The summed E-state index contributed by atoms with van der Waals surface area (Å²) in [5, 5.41) is 8.76. The molecule has 0 amide bonds. The quantitative estimate of drug-likeness (QED) is 0.782. The van der Waals surface area contributed by atoms with Crippen LogP contribution < -0.4 is 4.90 Å². The highest BCUT2D eigenvalue weighted by Gasteiger charge is 2.39. The Balaban J connectivity index is 2.65. The lowest BCUT2D eigenvalue weighted by Gasteiger charge is -2.18. The van der Waals surface area contributed by atoms with Gasteiger partial charge < -0.3 is 10.0 Å². The van der Waals surface area contributed by atoms with Crippen LogP contribution >= 0.6 is 0 Å². The van der Waals surface area contributed by atoms with E-state index in [1.807, 2.05) is 0 Å². The molecule has 96 valence electrons. The number of fused-ring (bicyclic) bond motifs is 1. The van der Waals surface area contributed by atoms with E-state index < -0.39 is 23.9 Å². The van der Waals surface area contributed by atoms with Crippen molar-refractivity contribution in [2.75, 3.05) is 18.5 Å². The first-order valence-corrected chi connectivity index (χ1v) is 5.55. The van der Waals surface area contributed by atoms with Crippen molar-refractivity contribution in [3.05, 3.63) is 35.9 Å². The van der Waals surface area contributed by atoms with Crippen LogP contribution in [0.15, 0.2) is 30.3 Å². The molecule has 0 aromatic heterocycles. The zero-order chi connectivity index (χ0) is 13.3. The topological polar surface area (TPSA) is 40.5 Å². The van der Waals surface area contributed by atoms with E-state index in [9.17, 15) is 13.6 Å². The SMILES string of the molecule is CN1CCC(F)(F)/C(=C\C(=O)O)c2ccccc21. The van der Waals surface area contributed by atoms with Gasteiger partial charge in [-0.1, -0.05) is 18.2 Å². The van der Waals surface area contributed by atoms with Crippen molar-refractivity contribution in [2.24, 2.45) is 0 Å². The van der Waals surface area contributed by atoms with Crippen LogP contribution in [0.5, 0.6) is 0 Å². The summed E-state index contributed by atoms with van der Waals surface area (Å²) in [6.45, 7) is 0.182. The average Bonchev–Trinajstić information content (AvgIpc) is 2.40. The van der Waals surface area contributed by atoms with Gasteiger partial charge in [-0.25, -0.2) is 13.6 Å². The van der Waals surface area contributed by atoms with Crippen molar-refractivity contribution in [2.45, 2.75) is 12.3 Å². The predicted molar refractivity (Wildman–Crippen MR) is 64.9 cm³/mol. The smallest absolute Gasteiger partial charge is 0.328 e. The number of nitrogens with zero attached hydrogens (tertiary/aromatic N) is 1. The summed E-state index contributed by atoms with van der Waals surface area (Å²) in [5.74, 6) is -4.48. The summed E-state index contributed by atoms with van der Waals surface area (Å²) in [4.78, 5) is 12.4. The van der Waals surface area contributed by atoms with Gasteiger partial charge in [0.15, 0.2) is 0 Å². The molecule has 5 heteroatoms. The summed E-state index contributed by atoms with van der Waals surface area (Å²) < 4.78 is 28.0. The second kappa shape index (κ2) is 4.40. The van der Waals surface area contributed by atoms with Gasteiger partial charge in [-0.15, -0.1) is 0 Å². The second-order valence-corrected chi connectivity index (χ2v) is 4.29. The maximum absolute atomic E-state index is 14.0. The molecule has 0 spiro atoms. The van der Waals surface area contributed by atoms with Gasteiger partial charge in [-0.2, -0.15) is 0 Å². The third-order valence-electron chi connectivity index (χ3n) is 3.03. The van der Waals surface area contributed by atoms with Crippen LogP contribution in [-0.4, -0.2) is 30.6 Å². The highest BCUT2D eigenvalue weighted by Crippen LogP contribution is 2.42. The van der Waals surface area contributed by atoms with Crippen LogP contribution in [0.2, 0.25) is 0 Å². The highest BCUT2D eigenvalue weighted by atomic mass is 19.3. The molecule has 3 nitrogen and oxygen atoms in total. The number of halogens is 2. The fraction of sp³-hybridized carbons (Fsp3) is 0.308. The Morgan fingerprint density at radius 1 is 1.44 bits per heavy atom. The third kappa shape index (κ3) is 2.20. The predicted octanol–water partition coefficient (Wildman–Crippen LogP) is 2.63. The number of carboxylic acid groups (broad SMARTS) is 1. The number of benzene rings is 1. The molecule has 2 rings (SSSR count). The zero-order valence-corrected chi connectivity index (χ0v) is 9.86. The van der Waals surface area contributed by atoms with Crippen LogP contribution in [0.4, 0.5) is 14.5 Å². The van der Waals surface area contributed by atoms with Crippen LogP contribution in [0.1, 0.15) is 12.0 Å². The maximum atomic E-state index is 14.0. The van der Waals surface area contributed by atoms with E-state index in [2.05, 4.69) is 0 Å². The van der Waals surface area contributed by atoms with Crippen molar-refractivity contribution >= 4 is 17.2 Å². The Hall–Kier alpha value is -1.91. The molecule has 1 heterocycles. The molecule has 0 fully saturated rings. The number of allylic oxidation sites excluding steroid dienone is 1. The van der Waals surface area contributed by atoms with E-state index in [0.29, 0.717) is 11.8 Å². The Morgan fingerprint density at radius 3 is 2.78 bits per heavy atom. The standard InChI is InChI=1S/C13H13F2NO2/c1-16-7-6-13(14,15)10(8-12(17)18)9-4-2-3-5-11(9)16/h2-5,8H,6-7H2,1H3,(H,17,18)/b10-8-. The Bertz CT molecular complexity index is 511. The van der Waals surface area contributed by atoms with Gasteiger partial charge in [0, 0.05) is 42.9 Å². The van der Waals surface area contributed by atoms with Crippen molar-refractivity contribution in [3.8, 4) is 0 Å². The Labute approximate surface area is 103 Å². The van der Waals surface area contributed by atoms with E-state index in [1.54, 1.807) is 30.1 Å². The molecule has 0 unspecified atom stereocenters. The molecule has 0 radical (unpaired) electrons. The van der Waals surface area contributed by atoms with E-state index in [-0.39, 0.29) is 12.1 Å². The molecule has 0 aliphatic carbocycles. The van der Waals surface area contributed by atoms with Gasteiger partial charge in [-0.05, 0) is 6.07 Å².